The van der Waals surface area contributed by atoms with Crippen molar-refractivity contribution in [3.63, 3.8) is 0 Å². The van der Waals surface area contributed by atoms with Crippen molar-refractivity contribution in [3.05, 3.63) is 22.2 Å². The molecule has 0 spiro atoms. The van der Waals surface area contributed by atoms with Crippen molar-refractivity contribution in [3.8, 4) is 11.5 Å². The number of phenols is 1. The van der Waals surface area contributed by atoms with E-state index < -0.39 is 4.92 Å². The number of hydrogen-bond acceptors (Lipinski definition) is 5. The van der Waals surface area contributed by atoms with E-state index in [-0.39, 0.29) is 23.3 Å². The Morgan fingerprint density at radius 3 is 2.55 bits per heavy atom. The topological polar surface area (TPSA) is 75.8 Å². The van der Waals surface area contributed by atoms with Gasteiger partial charge in [-0.15, -0.1) is 0 Å². The summed E-state index contributed by atoms with van der Waals surface area (Å²) in [5.74, 6) is 0.0779. The second kappa shape index (κ2) is 8.46. The van der Waals surface area contributed by atoms with Gasteiger partial charge in [0, 0.05) is 20.2 Å². The van der Waals surface area contributed by atoms with Crippen LogP contribution in [0.25, 0.3) is 0 Å². The van der Waals surface area contributed by atoms with Gasteiger partial charge in [0.25, 0.3) is 0 Å². The molecule has 0 radical (unpaired) electrons. The predicted molar refractivity (Wildman–Crippen MR) is 87.9 cm³/mol. The summed E-state index contributed by atoms with van der Waals surface area (Å²) in [5.41, 5.74) is 0.294. The molecule has 6 heteroatoms. The van der Waals surface area contributed by atoms with Gasteiger partial charge in [-0.2, -0.15) is 0 Å². The second-order valence-electron chi connectivity index (χ2n) is 5.74. The van der Waals surface area contributed by atoms with Crippen molar-refractivity contribution in [2.24, 2.45) is 0 Å². The maximum Gasteiger partial charge on any atom is 0.314 e. The molecule has 1 unspecified atom stereocenters. The van der Waals surface area contributed by atoms with Crippen LogP contribution in [-0.4, -0.2) is 30.2 Å². The molecule has 1 rings (SSSR count). The highest BCUT2D eigenvalue weighted by atomic mass is 16.6. The molecule has 0 aliphatic rings. The molecule has 0 aromatic heterocycles. The van der Waals surface area contributed by atoms with Crippen LogP contribution in [0.2, 0.25) is 0 Å². The van der Waals surface area contributed by atoms with Crippen LogP contribution in [0.4, 0.5) is 11.4 Å². The van der Waals surface area contributed by atoms with Gasteiger partial charge < -0.3 is 14.7 Å². The normalized spacial score (nSPS) is 12.0. The van der Waals surface area contributed by atoms with E-state index in [0.717, 1.165) is 25.3 Å². The van der Waals surface area contributed by atoms with Gasteiger partial charge in [0.05, 0.1) is 22.8 Å². The molecule has 6 nitrogen and oxygen atoms in total. The highest BCUT2D eigenvalue weighted by Crippen LogP contribution is 2.39. The Balaban J connectivity index is 2.86. The van der Waals surface area contributed by atoms with Crippen LogP contribution in [0, 0.1) is 10.1 Å². The third-order valence-electron chi connectivity index (χ3n) is 3.53. The molecule has 0 saturated carbocycles. The number of ether oxygens (including phenoxy) is 1. The SMILES string of the molecule is CCCCCCC(C)Oc1cc(N(C)C)c(O)cc1[N+](=O)[O-]. The highest BCUT2D eigenvalue weighted by molar-refractivity contribution is 5.67. The maximum absolute atomic E-state index is 11.1. The third-order valence-corrected chi connectivity index (χ3v) is 3.53. The van der Waals surface area contributed by atoms with Crippen LogP contribution in [0.3, 0.4) is 0 Å². The first-order valence-corrected chi connectivity index (χ1v) is 7.72. The van der Waals surface area contributed by atoms with Gasteiger partial charge >= 0.3 is 5.69 Å². The number of nitrogens with zero attached hydrogens (tertiary/aromatic N) is 2. The van der Waals surface area contributed by atoms with Gasteiger partial charge in [-0.1, -0.05) is 26.2 Å². The van der Waals surface area contributed by atoms with Gasteiger partial charge in [0.1, 0.15) is 5.75 Å². The minimum Gasteiger partial charge on any atom is -0.506 e. The van der Waals surface area contributed by atoms with Crippen LogP contribution in [0.15, 0.2) is 12.1 Å². The summed E-state index contributed by atoms with van der Waals surface area (Å²) in [5, 5.41) is 21.0. The summed E-state index contributed by atoms with van der Waals surface area (Å²) >= 11 is 0. The van der Waals surface area contributed by atoms with E-state index in [1.54, 1.807) is 19.0 Å². The Morgan fingerprint density at radius 2 is 2.00 bits per heavy atom. The Kier molecular flexibility index (Phi) is 6.95. The largest absolute Gasteiger partial charge is 0.506 e. The molecule has 22 heavy (non-hydrogen) atoms. The fourth-order valence-electron chi connectivity index (χ4n) is 2.28. The van der Waals surface area contributed by atoms with Gasteiger partial charge in [-0.05, 0) is 19.8 Å². The van der Waals surface area contributed by atoms with Crippen molar-refractivity contribution in [2.75, 3.05) is 19.0 Å². The van der Waals surface area contributed by atoms with E-state index in [1.165, 1.54) is 18.9 Å². The molecule has 0 fully saturated rings. The number of unbranched alkanes of at least 4 members (excludes halogenated alkanes) is 3. The summed E-state index contributed by atoms with van der Waals surface area (Å²) in [4.78, 5) is 12.3. The number of aromatic hydroxyl groups is 1. The molecule has 0 bridgehead atoms. The van der Waals surface area contributed by atoms with Crippen molar-refractivity contribution < 1.29 is 14.8 Å². The van der Waals surface area contributed by atoms with Gasteiger partial charge in [0.2, 0.25) is 0 Å². The first-order chi connectivity index (χ1) is 10.4. The molecule has 1 atom stereocenters. The van der Waals surface area contributed by atoms with E-state index in [1.807, 2.05) is 6.92 Å². The number of anilines is 1. The summed E-state index contributed by atoms with van der Waals surface area (Å²) in [7, 11) is 3.53. The zero-order valence-corrected chi connectivity index (χ0v) is 13.8. The molecule has 0 aliphatic carbocycles. The number of phenolic OH excluding ortho intramolecular Hbond substituents is 1. The Morgan fingerprint density at radius 1 is 1.32 bits per heavy atom. The average Bonchev–Trinajstić information content (AvgIpc) is 2.44. The zero-order valence-electron chi connectivity index (χ0n) is 13.8. The van der Waals surface area contributed by atoms with Crippen LogP contribution in [0.1, 0.15) is 46.0 Å². The first-order valence-electron chi connectivity index (χ1n) is 7.72. The molecule has 1 aromatic carbocycles. The summed E-state index contributed by atoms with van der Waals surface area (Å²) in [6, 6.07) is 2.67. The van der Waals surface area contributed by atoms with E-state index in [9.17, 15) is 15.2 Å². The number of nitro benzene ring substituents is 1. The van der Waals surface area contributed by atoms with E-state index in [0.29, 0.717) is 5.69 Å². The average molecular weight is 310 g/mol. The summed E-state index contributed by atoms with van der Waals surface area (Å²) in [6.07, 6.45) is 5.30. The predicted octanol–water partition coefficient (Wildman–Crippen LogP) is 4.10. The molecule has 0 saturated heterocycles. The third kappa shape index (κ3) is 5.09. The first kappa shape index (κ1) is 18.1. The molecule has 0 amide bonds. The number of nitro groups is 1. The van der Waals surface area contributed by atoms with Crippen LogP contribution < -0.4 is 9.64 Å². The summed E-state index contributed by atoms with van der Waals surface area (Å²) in [6.45, 7) is 4.07. The highest BCUT2D eigenvalue weighted by Gasteiger charge is 2.21. The second-order valence-corrected chi connectivity index (χ2v) is 5.74. The Hall–Kier alpha value is -1.98. The van der Waals surface area contributed by atoms with Gasteiger partial charge in [-0.3, -0.25) is 10.1 Å². The van der Waals surface area contributed by atoms with Crippen molar-refractivity contribution in [2.45, 2.75) is 52.1 Å². The lowest BCUT2D eigenvalue weighted by Crippen LogP contribution is -2.14. The number of rotatable bonds is 9. The van der Waals surface area contributed by atoms with Crippen molar-refractivity contribution >= 4 is 11.4 Å². The van der Waals surface area contributed by atoms with Crippen molar-refractivity contribution in [1.82, 2.24) is 0 Å². The van der Waals surface area contributed by atoms with Crippen molar-refractivity contribution in [1.29, 1.82) is 0 Å². The van der Waals surface area contributed by atoms with Gasteiger partial charge in [-0.25, -0.2) is 0 Å². The lowest BCUT2D eigenvalue weighted by atomic mass is 10.1. The fourth-order valence-corrected chi connectivity index (χ4v) is 2.28. The van der Waals surface area contributed by atoms with E-state index in [4.69, 9.17) is 4.74 Å². The minimum atomic E-state index is -0.529. The monoisotopic (exact) mass is 310 g/mol. The minimum absolute atomic E-state index is 0.102. The van der Waals surface area contributed by atoms with Crippen LogP contribution in [-0.2, 0) is 0 Å². The molecular weight excluding hydrogens is 284 g/mol. The Bertz CT molecular complexity index is 503. The van der Waals surface area contributed by atoms with Gasteiger partial charge in [0.15, 0.2) is 5.75 Å². The molecule has 1 N–H and O–H groups in total. The molecular formula is C16H26N2O4. The smallest absolute Gasteiger partial charge is 0.314 e. The fraction of sp³-hybridized carbons (Fsp3) is 0.625. The van der Waals surface area contributed by atoms with Crippen LogP contribution in [0.5, 0.6) is 11.5 Å². The lowest BCUT2D eigenvalue weighted by molar-refractivity contribution is -0.386. The van der Waals surface area contributed by atoms with Crippen LogP contribution >= 0.6 is 0 Å². The van der Waals surface area contributed by atoms with E-state index in [2.05, 4.69) is 6.92 Å². The Labute approximate surface area is 131 Å². The summed E-state index contributed by atoms with van der Waals surface area (Å²) < 4.78 is 5.75. The lowest BCUT2D eigenvalue weighted by Gasteiger charge is -2.18. The number of benzene rings is 1. The molecule has 0 aliphatic heterocycles. The molecule has 124 valence electrons. The number of hydrogen-bond donors (Lipinski definition) is 1. The standard InChI is InChI=1S/C16H26N2O4/c1-5-6-7-8-9-12(2)22-16-11-13(17(3)4)15(19)10-14(16)18(20)21/h10-12,19H,5-9H2,1-4H3. The zero-order chi connectivity index (χ0) is 16.7. The molecule has 0 heterocycles. The quantitative estimate of drug-likeness (QED) is 0.422. The molecule has 1 aromatic rings. The maximum atomic E-state index is 11.1. The van der Waals surface area contributed by atoms with E-state index >= 15 is 0 Å².